The maximum absolute atomic E-state index is 12.7. The number of benzene rings is 1. The Labute approximate surface area is 158 Å². The van der Waals surface area contributed by atoms with Crippen LogP contribution in [-0.4, -0.2) is 73.9 Å². The van der Waals surface area contributed by atoms with Crippen LogP contribution in [0.1, 0.15) is 23.8 Å². The Morgan fingerprint density at radius 2 is 2.08 bits per heavy atom. The highest BCUT2D eigenvalue weighted by Crippen LogP contribution is 2.32. The average Bonchev–Trinajstić information content (AvgIpc) is 3.05. The van der Waals surface area contributed by atoms with Crippen LogP contribution in [0.3, 0.4) is 0 Å². The van der Waals surface area contributed by atoms with E-state index in [2.05, 4.69) is 6.07 Å². The van der Waals surface area contributed by atoms with Gasteiger partial charge in [-0.2, -0.15) is 0 Å². The third kappa shape index (κ3) is 4.40. The molecule has 140 valence electrons. The van der Waals surface area contributed by atoms with E-state index in [0.29, 0.717) is 19.0 Å². The average molecular weight is 376 g/mol. The highest BCUT2D eigenvalue weighted by atomic mass is 32.1. The van der Waals surface area contributed by atoms with Crippen LogP contribution >= 0.6 is 11.3 Å². The quantitative estimate of drug-likeness (QED) is 0.833. The van der Waals surface area contributed by atoms with Gasteiger partial charge in [-0.25, -0.2) is 4.98 Å². The standard InChI is InChI=1S/C19H26N4O2S/c1-21(2)17(24)12-22(3)13-18(25)23-10-6-7-14(11-23)19-20-15-8-4-5-9-16(15)26-19/h4-5,8-9,14H,6-7,10-13H2,1-3H3/p+1/t14-/m0/s1. The van der Waals surface area contributed by atoms with Crippen molar-refractivity contribution in [3.05, 3.63) is 29.3 Å². The number of fused-ring (bicyclic) bond motifs is 1. The lowest BCUT2D eigenvalue weighted by Gasteiger charge is -2.32. The first-order valence-electron chi connectivity index (χ1n) is 9.08. The van der Waals surface area contributed by atoms with Crippen LogP contribution < -0.4 is 4.90 Å². The first kappa shape index (κ1) is 18.8. The minimum atomic E-state index is 0.0429. The number of carbonyl (C=O) groups excluding carboxylic acids is 2. The molecule has 2 heterocycles. The second-order valence-electron chi connectivity index (χ2n) is 7.30. The Morgan fingerprint density at radius 1 is 1.31 bits per heavy atom. The van der Waals surface area contributed by atoms with Gasteiger partial charge in [-0.15, -0.1) is 11.3 Å². The third-order valence-electron chi connectivity index (χ3n) is 4.84. The van der Waals surface area contributed by atoms with Gasteiger partial charge in [-0.05, 0) is 25.0 Å². The van der Waals surface area contributed by atoms with Gasteiger partial charge in [-0.1, -0.05) is 12.1 Å². The molecule has 7 heteroatoms. The van der Waals surface area contributed by atoms with Crippen molar-refractivity contribution in [2.75, 3.05) is 47.3 Å². The van der Waals surface area contributed by atoms with E-state index in [-0.39, 0.29) is 11.8 Å². The number of thiazole rings is 1. The Morgan fingerprint density at radius 3 is 2.81 bits per heavy atom. The van der Waals surface area contributed by atoms with Crippen molar-refractivity contribution >= 4 is 33.4 Å². The van der Waals surface area contributed by atoms with Gasteiger partial charge >= 0.3 is 0 Å². The van der Waals surface area contributed by atoms with E-state index in [4.69, 9.17) is 4.98 Å². The fourth-order valence-corrected chi connectivity index (χ4v) is 4.41. The summed E-state index contributed by atoms with van der Waals surface area (Å²) < 4.78 is 1.21. The summed E-state index contributed by atoms with van der Waals surface area (Å²) in [5.74, 6) is 0.481. The Balaban J connectivity index is 1.60. The number of nitrogens with zero attached hydrogens (tertiary/aromatic N) is 3. The highest BCUT2D eigenvalue weighted by molar-refractivity contribution is 7.18. The Bertz CT molecular complexity index is 756. The molecular weight excluding hydrogens is 348 g/mol. The molecule has 0 bridgehead atoms. The molecule has 2 amide bonds. The van der Waals surface area contributed by atoms with Gasteiger partial charge in [0.15, 0.2) is 13.1 Å². The summed E-state index contributed by atoms with van der Waals surface area (Å²) in [6.45, 7) is 2.22. The van der Waals surface area contributed by atoms with E-state index in [1.54, 1.807) is 30.3 Å². The predicted octanol–water partition coefficient (Wildman–Crippen LogP) is 0.605. The number of likely N-dealkylation sites (tertiary alicyclic amines) is 1. The normalized spacial score (nSPS) is 18.7. The van der Waals surface area contributed by atoms with Gasteiger partial charge in [0.05, 0.1) is 22.3 Å². The van der Waals surface area contributed by atoms with Crippen LogP contribution in [0.4, 0.5) is 0 Å². The first-order valence-corrected chi connectivity index (χ1v) is 9.90. The maximum Gasteiger partial charge on any atom is 0.277 e. The smallest absolute Gasteiger partial charge is 0.277 e. The van der Waals surface area contributed by atoms with Crippen molar-refractivity contribution in [1.29, 1.82) is 0 Å². The van der Waals surface area contributed by atoms with Crippen molar-refractivity contribution < 1.29 is 14.5 Å². The lowest BCUT2D eigenvalue weighted by molar-refractivity contribution is -0.863. The van der Waals surface area contributed by atoms with Gasteiger partial charge in [0.25, 0.3) is 11.8 Å². The number of hydrogen-bond acceptors (Lipinski definition) is 4. The molecule has 1 N–H and O–H groups in total. The summed E-state index contributed by atoms with van der Waals surface area (Å²) in [7, 11) is 5.38. The van der Waals surface area contributed by atoms with Crippen LogP contribution in [0, 0.1) is 0 Å². The zero-order valence-corrected chi connectivity index (χ0v) is 16.5. The maximum atomic E-state index is 12.7. The molecule has 2 atom stereocenters. The number of rotatable bonds is 5. The molecular formula is C19H27N4O2S+. The minimum absolute atomic E-state index is 0.0429. The summed E-state index contributed by atoms with van der Waals surface area (Å²) in [5, 5.41) is 1.13. The molecule has 0 radical (unpaired) electrons. The van der Waals surface area contributed by atoms with Crippen LogP contribution in [0.15, 0.2) is 24.3 Å². The molecule has 3 rings (SSSR count). The topological polar surface area (TPSA) is 58.0 Å². The second kappa shape index (κ2) is 8.14. The van der Waals surface area contributed by atoms with Crippen LogP contribution in [0.2, 0.25) is 0 Å². The van der Waals surface area contributed by atoms with Gasteiger partial charge in [-0.3, -0.25) is 9.59 Å². The number of piperidine rings is 1. The molecule has 1 aliphatic heterocycles. The Hall–Kier alpha value is -1.99. The van der Waals surface area contributed by atoms with Crippen molar-refractivity contribution in [3.8, 4) is 0 Å². The molecule has 1 aliphatic rings. The molecule has 2 aromatic rings. The predicted molar refractivity (Wildman–Crippen MR) is 103 cm³/mol. The van der Waals surface area contributed by atoms with Crippen molar-refractivity contribution in [2.24, 2.45) is 0 Å². The number of amides is 2. The minimum Gasteiger partial charge on any atom is -0.344 e. The number of nitrogens with one attached hydrogen (secondary N) is 1. The fourth-order valence-electron chi connectivity index (χ4n) is 3.32. The lowest BCUT2D eigenvalue weighted by Crippen LogP contribution is -3.11. The SMILES string of the molecule is CN(C)C(=O)C[NH+](C)CC(=O)N1CCC[C@H](c2nc3ccccc3s2)C1. The van der Waals surface area contributed by atoms with E-state index < -0.39 is 0 Å². The van der Waals surface area contributed by atoms with E-state index in [1.165, 1.54) is 4.70 Å². The number of quaternary nitrogens is 1. The second-order valence-corrected chi connectivity index (χ2v) is 8.36. The number of likely N-dealkylation sites (N-methyl/N-ethyl adjacent to an activating group) is 2. The Kier molecular flexibility index (Phi) is 5.88. The molecule has 26 heavy (non-hydrogen) atoms. The van der Waals surface area contributed by atoms with E-state index in [0.717, 1.165) is 41.4 Å². The van der Waals surface area contributed by atoms with E-state index >= 15 is 0 Å². The molecule has 1 saturated heterocycles. The summed E-state index contributed by atoms with van der Waals surface area (Å²) in [4.78, 5) is 33.7. The molecule has 1 fully saturated rings. The fraction of sp³-hybridized carbons (Fsp3) is 0.526. The number of carbonyl (C=O) groups is 2. The molecule has 0 spiro atoms. The molecule has 1 aromatic heterocycles. The molecule has 0 saturated carbocycles. The number of hydrogen-bond donors (Lipinski definition) is 1. The molecule has 0 aliphatic carbocycles. The van der Waals surface area contributed by atoms with Gasteiger partial charge in [0.1, 0.15) is 0 Å². The summed E-state index contributed by atoms with van der Waals surface area (Å²) in [6, 6.07) is 8.19. The zero-order chi connectivity index (χ0) is 18.7. The first-order chi connectivity index (χ1) is 12.4. The van der Waals surface area contributed by atoms with Crippen molar-refractivity contribution in [3.63, 3.8) is 0 Å². The largest absolute Gasteiger partial charge is 0.344 e. The third-order valence-corrected chi connectivity index (χ3v) is 6.04. The van der Waals surface area contributed by atoms with Gasteiger partial charge in [0.2, 0.25) is 0 Å². The highest BCUT2D eigenvalue weighted by Gasteiger charge is 2.28. The number of para-hydroxylation sites is 1. The monoisotopic (exact) mass is 375 g/mol. The lowest BCUT2D eigenvalue weighted by atomic mass is 9.98. The van der Waals surface area contributed by atoms with E-state index in [1.807, 2.05) is 30.1 Å². The van der Waals surface area contributed by atoms with Gasteiger partial charge < -0.3 is 14.7 Å². The van der Waals surface area contributed by atoms with Crippen LogP contribution in [0.5, 0.6) is 0 Å². The number of aromatic nitrogens is 1. The van der Waals surface area contributed by atoms with Crippen LogP contribution in [-0.2, 0) is 9.59 Å². The zero-order valence-electron chi connectivity index (χ0n) is 15.7. The summed E-state index contributed by atoms with van der Waals surface area (Å²) in [6.07, 6.45) is 2.08. The van der Waals surface area contributed by atoms with Crippen LogP contribution in [0.25, 0.3) is 10.2 Å². The molecule has 1 unspecified atom stereocenters. The van der Waals surface area contributed by atoms with Crippen molar-refractivity contribution in [2.45, 2.75) is 18.8 Å². The summed E-state index contributed by atoms with van der Waals surface area (Å²) >= 11 is 1.74. The van der Waals surface area contributed by atoms with Crippen molar-refractivity contribution in [1.82, 2.24) is 14.8 Å². The summed E-state index contributed by atoms with van der Waals surface area (Å²) in [5.41, 5.74) is 1.04. The van der Waals surface area contributed by atoms with Gasteiger partial charge in [0, 0.05) is 33.1 Å². The molecule has 1 aromatic carbocycles. The van der Waals surface area contributed by atoms with E-state index in [9.17, 15) is 9.59 Å². The molecule has 6 nitrogen and oxygen atoms in total.